The number of amides is 1. The SMILES string of the molecule is O=C(NC1CCN(S(=O)(=O)c2cc(Cl)c(OC3CCNCC3)c(Cl)c2)CC1)c1cccc(Cl)c1. The summed E-state index contributed by atoms with van der Waals surface area (Å²) >= 11 is 18.7. The molecular formula is C23H26Cl3N3O4S. The third-order valence-corrected chi connectivity index (χ3v) is 8.73. The molecule has 0 radical (unpaired) electrons. The topological polar surface area (TPSA) is 87.7 Å². The van der Waals surface area contributed by atoms with Crippen molar-refractivity contribution in [2.24, 2.45) is 0 Å². The number of sulfonamides is 1. The maximum Gasteiger partial charge on any atom is 0.251 e. The highest BCUT2D eigenvalue weighted by Crippen LogP contribution is 2.38. The van der Waals surface area contributed by atoms with Gasteiger partial charge in [-0.15, -0.1) is 0 Å². The molecule has 2 aromatic rings. The first-order chi connectivity index (χ1) is 16.2. The monoisotopic (exact) mass is 545 g/mol. The number of nitrogens with zero attached hydrogens (tertiary/aromatic N) is 1. The number of halogens is 3. The van der Waals surface area contributed by atoms with Gasteiger partial charge in [0.2, 0.25) is 10.0 Å². The molecule has 0 atom stereocenters. The van der Waals surface area contributed by atoms with E-state index in [1.807, 2.05) is 0 Å². The molecule has 0 bridgehead atoms. The minimum Gasteiger partial charge on any atom is -0.487 e. The van der Waals surface area contributed by atoms with Crippen molar-refractivity contribution in [1.29, 1.82) is 0 Å². The Kier molecular flexibility index (Phi) is 8.28. The van der Waals surface area contributed by atoms with Crippen molar-refractivity contribution in [3.63, 3.8) is 0 Å². The number of rotatable bonds is 6. The lowest BCUT2D eigenvalue weighted by Crippen LogP contribution is -2.46. The summed E-state index contributed by atoms with van der Waals surface area (Å²) in [5.41, 5.74) is 0.471. The predicted octanol–water partition coefficient (Wildman–Crippen LogP) is 4.36. The largest absolute Gasteiger partial charge is 0.487 e. The molecule has 0 unspecified atom stereocenters. The lowest BCUT2D eigenvalue weighted by molar-refractivity contribution is 0.0924. The van der Waals surface area contributed by atoms with Crippen LogP contribution in [0.4, 0.5) is 0 Å². The molecule has 2 saturated heterocycles. The highest BCUT2D eigenvalue weighted by Gasteiger charge is 2.31. The van der Waals surface area contributed by atoms with Gasteiger partial charge in [-0.25, -0.2) is 8.42 Å². The highest BCUT2D eigenvalue weighted by molar-refractivity contribution is 7.89. The van der Waals surface area contributed by atoms with Gasteiger partial charge in [-0.05, 0) is 69.1 Å². The molecule has 184 valence electrons. The summed E-state index contributed by atoms with van der Waals surface area (Å²) < 4.78 is 33.8. The van der Waals surface area contributed by atoms with Crippen molar-refractivity contribution in [2.45, 2.75) is 42.7 Å². The van der Waals surface area contributed by atoms with Crippen LogP contribution in [-0.2, 0) is 10.0 Å². The second-order valence-corrected chi connectivity index (χ2v) is 11.6. The predicted molar refractivity (Wildman–Crippen MR) is 134 cm³/mol. The van der Waals surface area contributed by atoms with E-state index < -0.39 is 10.0 Å². The van der Waals surface area contributed by atoms with Crippen LogP contribution in [0.3, 0.4) is 0 Å². The van der Waals surface area contributed by atoms with Crippen LogP contribution in [0.1, 0.15) is 36.0 Å². The molecule has 2 aromatic carbocycles. The van der Waals surface area contributed by atoms with Crippen molar-refractivity contribution in [3.8, 4) is 5.75 Å². The van der Waals surface area contributed by atoms with Gasteiger partial charge in [0.25, 0.3) is 5.91 Å². The van der Waals surface area contributed by atoms with Crippen molar-refractivity contribution in [1.82, 2.24) is 14.9 Å². The van der Waals surface area contributed by atoms with Crippen LogP contribution in [0.2, 0.25) is 15.1 Å². The second-order valence-electron chi connectivity index (χ2n) is 8.45. The first-order valence-corrected chi connectivity index (χ1v) is 13.7. The number of hydrogen-bond acceptors (Lipinski definition) is 5. The van der Waals surface area contributed by atoms with Crippen molar-refractivity contribution < 1.29 is 17.9 Å². The summed E-state index contributed by atoms with van der Waals surface area (Å²) in [7, 11) is -3.80. The maximum atomic E-state index is 13.2. The van der Waals surface area contributed by atoms with Crippen LogP contribution in [0.25, 0.3) is 0 Å². The Morgan fingerprint density at radius 2 is 1.65 bits per heavy atom. The minimum absolute atomic E-state index is 0.0140. The molecule has 7 nitrogen and oxygen atoms in total. The van der Waals surface area contributed by atoms with E-state index >= 15 is 0 Å². The molecule has 1 amide bonds. The lowest BCUT2D eigenvalue weighted by atomic mass is 10.1. The molecular weight excluding hydrogens is 521 g/mol. The Balaban J connectivity index is 1.39. The Morgan fingerprint density at radius 3 is 2.26 bits per heavy atom. The van der Waals surface area contributed by atoms with Gasteiger partial charge in [-0.2, -0.15) is 4.31 Å². The zero-order chi connectivity index (χ0) is 24.3. The van der Waals surface area contributed by atoms with Crippen molar-refractivity contribution >= 4 is 50.7 Å². The van der Waals surface area contributed by atoms with Gasteiger partial charge in [0.1, 0.15) is 6.10 Å². The molecule has 0 aliphatic carbocycles. The number of hydrogen-bond donors (Lipinski definition) is 2. The van der Waals surface area contributed by atoms with Crippen molar-refractivity contribution in [3.05, 3.63) is 57.0 Å². The molecule has 4 rings (SSSR count). The van der Waals surface area contributed by atoms with Gasteiger partial charge in [0.15, 0.2) is 5.75 Å². The average Bonchev–Trinajstić information content (AvgIpc) is 2.82. The first kappa shape index (κ1) is 25.5. The molecule has 2 heterocycles. The zero-order valence-corrected chi connectivity index (χ0v) is 21.5. The summed E-state index contributed by atoms with van der Waals surface area (Å²) in [6, 6.07) is 9.36. The number of benzene rings is 2. The Labute approximate surface area is 214 Å². The Hall–Kier alpha value is -1.55. The van der Waals surface area contributed by atoms with E-state index in [9.17, 15) is 13.2 Å². The van der Waals surface area contributed by atoms with Gasteiger partial charge < -0.3 is 15.4 Å². The van der Waals surface area contributed by atoms with Crippen LogP contribution in [0.5, 0.6) is 5.75 Å². The maximum absolute atomic E-state index is 13.2. The van der Waals surface area contributed by atoms with Crippen LogP contribution >= 0.6 is 34.8 Å². The Bertz CT molecular complexity index is 1120. The average molecular weight is 547 g/mol. The molecule has 2 N–H and O–H groups in total. The molecule has 34 heavy (non-hydrogen) atoms. The van der Waals surface area contributed by atoms with Gasteiger partial charge in [-0.3, -0.25) is 4.79 Å². The van der Waals surface area contributed by atoms with E-state index in [0.717, 1.165) is 25.9 Å². The van der Waals surface area contributed by atoms with Gasteiger partial charge in [-0.1, -0.05) is 40.9 Å². The minimum atomic E-state index is -3.80. The third-order valence-electron chi connectivity index (χ3n) is 6.06. The first-order valence-electron chi connectivity index (χ1n) is 11.2. The highest BCUT2D eigenvalue weighted by atomic mass is 35.5. The third kappa shape index (κ3) is 5.98. The fraction of sp³-hybridized carbons (Fsp3) is 0.435. The number of piperidine rings is 2. The molecule has 2 aliphatic rings. The van der Waals surface area contributed by atoms with E-state index in [4.69, 9.17) is 39.5 Å². The number of nitrogens with one attached hydrogen (secondary N) is 2. The number of carbonyl (C=O) groups excluding carboxylic acids is 1. The summed E-state index contributed by atoms with van der Waals surface area (Å²) in [6.07, 6.45) is 2.62. The molecule has 2 aliphatic heterocycles. The number of ether oxygens (including phenoxy) is 1. The van der Waals surface area contributed by atoms with Crippen LogP contribution in [-0.4, -0.2) is 57.0 Å². The van der Waals surface area contributed by atoms with E-state index in [1.165, 1.54) is 16.4 Å². The fourth-order valence-corrected chi connectivity index (χ4v) is 6.59. The lowest BCUT2D eigenvalue weighted by Gasteiger charge is -2.32. The van der Waals surface area contributed by atoms with Crippen LogP contribution < -0.4 is 15.4 Å². The van der Waals surface area contributed by atoms with E-state index in [-0.39, 0.29) is 46.1 Å². The normalized spacial score (nSPS) is 18.6. The Morgan fingerprint density at radius 1 is 1.00 bits per heavy atom. The summed E-state index contributed by atoms with van der Waals surface area (Å²) in [5, 5.41) is 7.05. The summed E-state index contributed by atoms with van der Waals surface area (Å²) in [5.74, 6) is 0.0864. The van der Waals surface area contributed by atoms with E-state index in [1.54, 1.807) is 24.3 Å². The molecule has 0 spiro atoms. The zero-order valence-electron chi connectivity index (χ0n) is 18.4. The van der Waals surface area contributed by atoms with Crippen molar-refractivity contribution in [2.75, 3.05) is 26.2 Å². The number of carbonyl (C=O) groups is 1. The second kappa shape index (κ2) is 11.0. The smallest absolute Gasteiger partial charge is 0.251 e. The summed E-state index contributed by atoms with van der Waals surface area (Å²) in [4.78, 5) is 12.5. The van der Waals surface area contributed by atoms with Crippen LogP contribution in [0, 0.1) is 0 Å². The van der Waals surface area contributed by atoms with Gasteiger partial charge in [0.05, 0.1) is 14.9 Å². The summed E-state index contributed by atoms with van der Waals surface area (Å²) in [6.45, 7) is 2.24. The molecule has 11 heteroatoms. The van der Waals surface area contributed by atoms with Gasteiger partial charge in [0, 0.05) is 29.7 Å². The van der Waals surface area contributed by atoms with Crippen LogP contribution in [0.15, 0.2) is 41.3 Å². The molecule has 0 saturated carbocycles. The van der Waals surface area contributed by atoms with Gasteiger partial charge >= 0.3 is 0 Å². The standard InChI is InChI=1S/C23H26Cl3N3O4S/c24-16-3-1-2-15(12-16)23(30)28-17-6-10-29(11-7-17)34(31,32)19-13-20(25)22(21(26)14-19)33-18-4-8-27-9-5-18/h1-3,12-14,17-18,27H,4-11H2,(H,28,30). The molecule has 2 fully saturated rings. The van der Waals surface area contributed by atoms with E-state index in [2.05, 4.69) is 10.6 Å². The quantitative estimate of drug-likeness (QED) is 0.562. The fourth-order valence-electron chi connectivity index (χ4n) is 4.17. The van der Waals surface area contributed by atoms with E-state index in [0.29, 0.717) is 29.2 Å². The molecule has 0 aromatic heterocycles.